The van der Waals surface area contributed by atoms with E-state index < -0.39 is 14.0 Å². The molecule has 2 aromatic rings. The van der Waals surface area contributed by atoms with Gasteiger partial charge >= 0.3 is 0 Å². The quantitative estimate of drug-likeness (QED) is 0.485. The normalized spacial score (nSPS) is 11.5. The summed E-state index contributed by atoms with van der Waals surface area (Å²) in [6.45, 7) is -0.0393. The van der Waals surface area contributed by atoms with Crippen molar-refractivity contribution in [3.8, 4) is 0 Å². The molecular weight excluding hydrogens is 329 g/mol. The molecule has 0 radical (unpaired) electrons. The number of rotatable bonds is 4. The Hall–Kier alpha value is -1.64. The second-order valence-corrected chi connectivity index (χ2v) is 6.78. The molecule has 2 rings (SSSR count). The molecule has 20 heavy (non-hydrogen) atoms. The molecule has 1 aromatic carbocycles. The summed E-state index contributed by atoms with van der Waals surface area (Å²) in [6.07, 6.45) is 2.24. The molecule has 0 aliphatic carbocycles. The number of hydrogen-bond acceptors (Lipinski definition) is 5. The van der Waals surface area contributed by atoms with Crippen LogP contribution in [0, 0.1) is 10.1 Å². The van der Waals surface area contributed by atoms with Gasteiger partial charge in [-0.3, -0.25) is 14.8 Å². The fraction of sp³-hybridized carbons (Fsp3) is 0.100. The molecule has 10 heteroatoms. The number of halogens is 2. The van der Waals surface area contributed by atoms with Gasteiger partial charge in [-0.1, -0.05) is 17.7 Å². The Morgan fingerprint density at radius 3 is 2.65 bits per heavy atom. The third-order valence-electron chi connectivity index (χ3n) is 2.50. The van der Waals surface area contributed by atoms with E-state index in [2.05, 4.69) is 5.10 Å². The minimum absolute atomic E-state index is 0.0393. The number of hydrogen-bond donors (Lipinski definition) is 0. The Labute approximate surface area is 123 Å². The molecule has 1 heterocycles. The average molecular weight is 336 g/mol. The summed E-state index contributed by atoms with van der Waals surface area (Å²) in [5.41, 5.74) is 0.0732. The van der Waals surface area contributed by atoms with E-state index in [-0.39, 0.29) is 27.7 Å². The molecule has 1 aromatic heterocycles. The van der Waals surface area contributed by atoms with Crippen LogP contribution in [0.15, 0.2) is 35.5 Å². The van der Waals surface area contributed by atoms with Crippen LogP contribution in [0.25, 0.3) is 0 Å². The second kappa shape index (κ2) is 5.39. The van der Waals surface area contributed by atoms with Crippen LogP contribution in [0.2, 0.25) is 5.02 Å². The van der Waals surface area contributed by atoms with E-state index in [0.717, 1.165) is 6.20 Å². The highest BCUT2D eigenvalue weighted by Gasteiger charge is 2.19. The molecule has 0 saturated carbocycles. The van der Waals surface area contributed by atoms with Crippen LogP contribution in [0.1, 0.15) is 5.56 Å². The van der Waals surface area contributed by atoms with Gasteiger partial charge in [0.2, 0.25) is 0 Å². The lowest BCUT2D eigenvalue weighted by Crippen LogP contribution is -2.04. The summed E-state index contributed by atoms with van der Waals surface area (Å²) in [4.78, 5) is 10.2. The number of nitrogens with zero attached hydrogens (tertiary/aromatic N) is 3. The molecule has 7 nitrogen and oxygen atoms in total. The zero-order valence-corrected chi connectivity index (χ0v) is 12.1. The highest BCUT2D eigenvalue weighted by atomic mass is 35.7. The van der Waals surface area contributed by atoms with E-state index in [4.69, 9.17) is 22.3 Å². The van der Waals surface area contributed by atoms with Crippen LogP contribution in [0.4, 0.5) is 5.69 Å². The maximum atomic E-state index is 11.1. The van der Waals surface area contributed by atoms with Crippen LogP contribution in [0.5, 0.6) is 0 Å². The van der Waals surface area contributed by atoms with Gasteiger partial charge in [0.15, 0.2) is 0 Å². The minimum Gasteiger partial charge on any atom is -0.267 e. The van der Waals surface area contributed by atoms with Gasteiger partial charge in [-0.05, 0) is 6.07 Å². The van der Waals surface area contributed by atoms with Crippen molar-refractivity contribution < 1.29 is 13.3 Å². The predicted octanol–water partition coefficient (Wildman–Crippen LogP) is 2.42. The second-order valence-electron chi connectivity index (χ2n) is 3.81. The van der Waals surface area contributed by atoms with E-state index in [1.807, 2.05) is 0 Å². The standard InChI is InChI=1S/C10H7Cl2N3O4S/c11-9-2-1-3-10(15(16)17)8(9)6-14-5-7(4-13-14)20(12,18)19/h1-5H,6H2. The third-order valence-corrected chi connectivity index (χ3v) is 4.16. The van der Waals surface area contributed by atoms with Crippen molar-refractivity contribution in [3.63, 3.8) is 0 Å². The lowest BCUT2D eigenvalue weighted by atomic mass is 10.2. The van der Waals surface area contributed by atoms with Crippen molar-refractivity contribution in [3.05, 3.63) is 51.3 Å². The Kier molecular flexibility index (Phi) is 3.98. The summed E-state index contributed by atoms with van der Waals surface area (Å²) >= 11 is 5.93. The van der Waals surface area contributed by atoms with Gasteiger partial charge in [-0.2, -0.15) is 5.10 Å². The van der Waals surface area contributed by atoms with Crippen molar-refractivity contribution >= 4 is 37.0 Å². The Balaban J connectivity index is 2.40. The summed E-state index contributed by atoms with van der Waals surface area (Å²) in [7, 11) is 1.28. The topological polar surface area (TPSA) is 95.1 Å². The van der Waals surface area contributed by atoms with Crippen LogP contribution in [-0.4, -0.2) is 23.1 Å². The van der Waals surface area contributed by atoms with Gasteiger partial charge in [0.1, 0.15) is 4.90 Å². The van der Waals surface area contributed by atoms with Gasteiger partial charge in [-0.25, -0.2) is 8.42 Å². The zero-order valence-electron chi connectivity index (χ0n) is 9.73. The maximum Gasteiger partial charge on any atom is 0.275 e. The third kappa shape index (κ3) is 3.09. The predicted molar refractivity (Wildman–Crippen MR) is 72.5 cm³/mol. The molecule has 0 fully saturated rings. The molecular formula is C10H7Cl2N3O4S. The molecule has 0 bridgehead atoms. The average Bonchev–Trinajstić information content (AvgIpc) is 2.79. The first-order valence-electron chi connectivity index (χ1n) is 5.18. The van der Waals surface area contributed by atoms with E-state index in [0.29, 0.717) is 0 Å². The van der Waals surface area contributed by atoms with Crippen LogP contribution >= 0.6 is 22.3 Å². The van der Waals surface area contributed by atoms with Gasteiger partial charge in [-0.15, -0.1) is 0 Å². The Bertz CT molecular complexity index is 773. The highest BCUT2D eigenvalue weighted by Crippen LogP contribution is 2.27. The monoisotopic (exact) mass is 335 g/mol. The van der Waals surface area contributed by atoms with Crippen LogP contribution in [-0.2, 0) is 15.6 Å². The van der Waals surface area contributed by atoms with Crippen LogP contribution in [0.3, 0.4) is 0 Å². The fourth-order valence-electron chi connectivity index (χ4n) is 1.59. The summed E-state index contributed by atoms with van der Waals surface area (Å²) in [5.74, 6) is 0. The molecule has 0 spiro atoms. The first-order chi connectivity index (χ1) is 9.29. The van der Waals surface area contributed by atoms with E-state index in [1.54, 1.807) is 0 Å². The van der Waals surface area contributed by atoms with Gasteiger partial charge in [0.25, 0.3) is 14.7 Å². The van der Waals surface area contributed by atoms with E-state index in [1.165, 1.54) is 29.1 Å². The van der Waals surface area contributed by atoms with Crippen molar-refractivity contribution in [2.24, 2.45) is 0 Å². The molecule has 0 unspecified atom stereocenters. The van der Waals surface area contributed by atoms with Gasteiger partial charge in [0, 0.05) is 22.9 Å². The van der Waals surface area contributed by atoms with Crippen molar-refractivity contribution in [1.29, 1.82) is 0 Å². The fourth-order valence-corrected chi connectivity index (χ4v) is 2.48. The summed E-state index contributed by atoms with van der Waals surface area (Å²) in [6, 6.07) is 4.28. The molecule has 106 valence electrons. The number of nitro benzene ring substituents is 1. The molecule has 0 N–H and O–H groups in total. The summed E-state index contributed by atoms with van der Waals surface area (Å²) in [5, 5.41) is 14.9. The summed E-state index contributed by atoms with van der Waals surface area (Å²) < 4.78 is 23.4. The Morgan fingerprint density at radius 2 is 2.10 bits per heavy atom. The largest absolute Gasteiger partial charge is 0.275 e. The minimum atomic E-state index is -3.89. The van der Waals surface area contributed by atoms with Crippen molar-refractivity contribution in [1.82, 2.24) is 9.78 Å². The maximum absolute atomic E-state index is 11.1. The zero-order chi connectivity index (χ0) is 14.9. The number of nitro groups is 1. The van der Waals surface area contributed by atoms with E-state index in [9.17, 15) is 18.5 Å². The van der Waals surface area contributed by atoms with Gasteiger partial charge in [0.05, 0.1) is 28.3 Å². The number of benzene rings is 1. The SMILES string of the molecule is O=[N+]([O-])c1cccc(Cl)c1Cn1cc(S(=O)(=O)Cl)cn1. The molecule has 0 aliphatic heterocycles. The lowest BCUT2D eigenvalue weighted by molar-refractivity contribution is -0.385. The first kappa shape index (κ1) is 14.8. The van der Waals surface area contributed by atoms with Gasteiger partial charge < -0.3 is 0 Å². The van der Waals surface area contributed by atoms with E-state index >= 15 is 0 Å². The highest BCUT2D eigenvalue weighted by molar-refractivity contribution is 8.13. The van der Waals surface area contributed by atoms with Crippen LogP contribution < -0.4 is 0 Å². The molecule has 0 saturated heterocycles. The smallest absolute Gasteiger partial charge is 0.267 e. The molecule has 0 aliphatic rings. The van der Waals surface area contributed by atoms with Crippen molar-refractivity contribution in [2.75, 3.05) is 0 Å². The number of aromatic nitrogens is 2. The molecule has 0 amide bonds. The Morgan fingerprint density at radius 1 is 1.40 bits per heavy atom. The first-order valence-corrected chi connectivity index (χ1v) is 7.86. The lowest BCUT2D eigenvalue weighted by Gasteiger charge is -2.05. The van der Waals surface area contributed by atoms with Crippen molar-refractivity contribution in [2.45, 2.75) is 11.4 Å². The molecule has 0 atom stereocenters.